The number of quaternary nitrogens is 1. The maximum Gasteiger partial charge on any atom is 0.259 e. The Morgan fingerprint density at radius 3 is 2.68 bits per heavy atom. The fourth-order valence-electron chi connectivity index (χ4n) is 3.30. The number of amides is 1. The molecule has 0 atom stereocenters. The van der Waals surface area contributed by atoms with Crippen molar-refractivity contribution in [2.45, 2.75) is 20.4 Å². The summed E-state index contributed by atoms with van der Waals surface area (Å²) >= 11 is 0. The minimum absolute atomic E-state index is 0.0290. The zero-order valence-electron chi connectivity index (χ0n) is 14.8. The van der Waals surface area contributed by atoms with E-state index in [9.17, 15) is 9.18 Å². The molecule has 0 bridgehead atoms. The van der Waals surface area contributed by atoms with Gasteiger partial charge in [-0.3, -0.25) is 4.79 Å². The molecule has 2 aromatic rings. The number of nitrogens with zero attached hydrogens (tertiary/aromatic N) is 2. The third-order valence-electron chi connectivity index (χ3n) is 4.69. The van der Waals surface area contributed by atoms with E-state index in [2.05, 4.69) is 5.16 Å². The average molecular weight is 348 g/mol. The van der Waals surface area contributed by atoms with Gasteiger partial charge in [-0.1, -0.05) is 5.16 Å². The molecule has 3 rings (SSSR count). The van der Waals surface area contributed by atoms with Crippen LogP contribution < -0.4 is 9.64 Å². The number of benzene rings is 1. The molecule has 6 nitrogen and oxygen atoms in total. The van der Waals surface area contributed by atoms with Crippen LogP contribution in [0.15, 0.2) is 22.7 Å². The minimum atomic E-state index is -0.262. The number of carbonyl (C=O) groups is 1. The molecule has 1 aliphatic heterocycles. The van der Waals surface area contributed by atoms with Crippen LogP contribution in [0.1, 0.15) is 27.4 Å². The van der Waals surface area contributed by atoms with Crippen molar-refractivity contribution in [2.24, 2.45) is 0 Å². The lowest BCUT2D eigenvalue weighted by Crippen LogP contribution is -3.13. The van der Waals surface area contributed by atoms with Crippen LogP contribution in [0.5, 0.6) is 5.75 Å². The predicted molar refractivity (Wildman–Crippen MR) is 89.2 cm³/mol. The highest BCUT2D eigenvalue weighted by Crippen LogP contribution is 2.18. The third-order valence-corrected chi connectivity index (χ3v) is 4.69. The Hall–Kier alpha value is -2.41. The maximum atomic E-state index is 13.5. The number of carbonyl (C=O) groups excluding carboxylic acids is 1. The Morgan fingerprint density at radius 1 is 1.36 bits per heavy atom. The second-order valence-corrected chi connectivity index (χ2v) is 6.37. The van der Waals surface area contributed by atoms with Gasteiger partial charge >= 0.3 is 0 Å². The Kier molecular flexibility index (Phi) is 5.03. The van der Waals surface area contributed by atoms with Crippen molar-refractivity contribution in [3.05, 3.63) is 46.6 Å². The van der Waals surface area contributed by atoms with Crippen LogP contribution in [0.25, 0.3) is 0 Å². The van der Waals surface area contributed by atoms with Gasteiger partial charge in [-0.15, -0.1) is 0 Å². The Bertz CT molecular complexity index is 747. The number of aryl methyl sites for hydroxylation is 2. The molecule has 1 amide bonds. The summed E-state index contributed by atoms with van der Waals surface area (Å²) in [5.74, 6) is 0.964. The zero-order chi connectivity index (χ0) is 18.0. The third kappa shape index (κ3) is 3.66. The molecule has 2 heterocycles. The van der Waals surface area contributed by atoms with Gasteiger partial charge in [0.05, 0.1) is 44.5 Å². The molecule has 1 aromatic carbocycles. The van der Waals surface area contributed by atoms with Gasteiger partial charge in [0.25, 0.3) is 5.91 Å². The number of hydrogen-bond acceptors (Lipinski definition) is 4. The zero-order valence-corrected chi connectivity index (χ0v) is 14.8. The first-order valence-corrected chi connectivity index (χ1v) is 8.37. The van der Waals surface area contributed by atoms with Crippen LogP contribution in [-0.4, -0.2) is 49.3 Å². The number of piperazine rings is 1. The van der Waals surface area contributed by atoms with Gasteiger partial charge in [-0.2, -0.15) is 0 Å². The van der Waals surface area contributed by atoms with Crippen molar-refractivity contribution in [3.8, 4) is 5.75 Å². The largest absolute Gasteiger partial charge is 0.496 e. The van der Waals surface area contributed by atoms with E-state index in [0.717, 1.165) is 18.7 Å². The fourth-order valence-corrected chi connectivity index (χ4v) is 3.30. The minimum Gasteiger partial charge on any atom is -0.496 e. The molecule has 0 spiro atoms. The quantitative estimate of drug-likeness (QED) is 0.895. The van der Waals surface area contributed by atoms with Crippen LogP contribution in [0, 0.1) is 19.7 Å². The first kappa shape index (κ1) is 17.4. The topological polar surface area (TPSA) is 60.0 Å². The number of ether oxygens (including phenoxy) is 1. The number of halogens is 1. The van der Waals surface area contributed by atoms with Crippen molar-refractivity contribution in [1.29, 1.82) is 0 Å². The smallest absolute Gasteiger partial charge is 0.259 e. The number of aromatic nitrogens is 1. The molecule has 25 heavy (non-hydrogen) atoms. The first-order chi connectivity index (χ1) is 12.0. The van der Waals surface area contributed by atoms with Gasteiger partial charge in [-0.25, -0.2) is 4.39 Å². The SMILES string of the molecule is COc1ccc(F)cc1C[NH+]1CCN(C(=O)c2c(C)noc2C)CC1. The van der Waals surface area contributed by atoms with Crippen molar-refractivity contribution >= 4 is 5.91 Å². The highest BCUT2D eigenvalue weighted by Gasteiger charge is 2.28. The molecule has 1 fully saturated rings. The van der Waals surface area contributed by atoms with Gasteiger partial charge in [0.15, 0.2) is 0 Å². The molecule has 1 saturated heterocycles. The van der Waals surface area contributed by atoms with E-state index in [0.29, 0.717) is 42.4 Å². The molecular formula is C18H23FN3O3+. The van der Waals surface area contributed by atoms with Crippen molar-refractivity contribution < 1.29 is 23.3 Å². The molecular weight excluding hydrogens is 325 g/mol. The number of methoxy groups -OCH3 is 1. The van der Waals surface area contributed by atoms with Crippen LogP contribution in [0.4, 0.5) is 4.39 Å². The number of hydrogen-bond donors (Lipinski definition) is 1. The molecule has 1 N–H and O–H groups in total. The average Bonchev–Trinajstić information content (AvgIpc) is 2.94. The summed E-state index contributed by atoms with van der Waals surface area (Å²) < 4.78 is 23.9. The summed E-state index contributed by atoms with van der Waals surface area (Å²) in [5, 5.41) is 3.85. The highest BCUT2D eigenvalue weighted by molar-refractivity contribution is 5.96. The van der Waals surface area contributed by atoms with Crippen LogP contribution in [0.3, 0.4) is 0 Å². The van der Waals surface area contributed by atoms with Crippen molar-refractivity contribution in [2.75, 3.05) is 33.3 Å². The van der Waals surface area contributed by atoms with E-state index in [4.69, 9.17) is 9.26 Å². The molecule has 1 aliphatic rings. The first-order valence-electron chi connectivity index (χ1n) is 8.37. The monoisotopic (exact) mass is 348 g/mol. The van der Waals surface area contributed by atoms with Crippen LogP contribution in [0.2, 0.25) is 0 Å². The summed E-state index contributed by atoms with van der Waals surface area (Å²) in [6.07, 6.45) is 0. The Balaban J connectivity index is 1.63. The summed E-state index contributed by atoms with van der Waals surface area (Å²) in [7, 11) is 1.59. The standard InChI is InChI=1S/C18H22FN3O3/c1-12-17(13(2)25-20-12)18(23)22-8-6-21(7-9-22)11-14-10-15(19)4-5-16(14)24-3/h4-5,10H,6-9,11H2,1-3H3/p+1. The maximum absolute atomic E-state index is 13.5. The second-order valence-electron chi connectivity index (χ2n) is 6.37. The summed E-state index contributed by atoms with van der Waals surface area (Å²) in [6.45, 7) is 7.11. The number of nitrogens with one attached hydrogen (secondary N) is 1. The van der Waals surface area contributed by atoms with Gasteiger partial charge in [-0.05, 0) is 32.0 Å². The van der Waals surface area contributed by atoms with E-state index in [-0.39, 0.29) is 11.7 Å². The molecule has 0 saturated carbocycles. The number of rotatable bonds is 4. The van der Waals surface area contributed by atoms with Gasteiger partial charge in [0.1, 0.15) is 29.4 Å². The molecule has 1 aromatic heterocycles. The fraction of sp³-hybridized carbons (Fsp3) is 0.444. The van der Waals surface area contributed by atoms with Gasteiger partial charge in [0, 0.05) is 0 Å². The van der Waals surface area contributed by atoms with E-state index >= 15 is 0 Å². The summed E-state index contributed by atoms with van der Waals surface area (Å²) in [6, 6.07) is 4.58. The summed E-state index contributed by atoms with van der Waals surface area (Å²) in [5.41, 5.74) is 2.04. The van der Waals surface area contributed by atoms with E-state index in [1.165, 1.54) is 17.0 Å². The molecule has 0 unspecified atom stereocenters. The lowest BCUT2D eigenvalue weighted by atomic mass is 10.1. The molecule has 7 heteroatoms. The molecule has 0 radical (unpaired) electrons. The Morgan fingerprint density at radius 2 is 2.08 bits per heavy atom. The van der Waals surface area contributed by atoms with Crippen molar-refractivity contribution in [3.63, 3.8) is 0 Å². The normalized spacial score (nSPS) is 15.4. The second kappa shape index (κ2) is 7.23. The summed E-state index contributed by atoms with van der Waals surface area (Å²) in [4.78, 5) is 15.8. The van der Waals surface area contributed by atoms with Crippen molar-refractivity contribution in [1.82, 2.24) is 10.1 Å². The molecule has 134 valence electrons. The van der Waals surface area contributed by atoms with E-state index in [1.54, 1.807) is 27.0 Å². The highest BCUT2D eigenvalue weighted by atomic mass is 19.1. The van der Waals surface area contributed by atoms with E-state index < -0.39 is 0 Å². The predicted octanol–water partition coefficient (Wildman–Crippen LogP) is 0.980. The Labute approximate surface area is 146 Å². The lowest BCUT2D eigenvalue weighted by molar-refractivity contribution is -0.917. The van der Waals surface area contributed by atoms with Crippen LogP contribution in [-0.2, 0) is 6.54 Å². The van der Waals surface area contributed by atoms with Gasteiger partial charge in [0.2, 0.25) is 0 Å². The van der Waals surface area contributed by atoms with Crippen LogP contribution >= 0.6 is 0 Å². The lowest BCUT2D eigenvalue weighted by Gasteiger charge is -2.32. The molecule has 0 aliphatic carbocycles. The van der Waals surface area contributed by atoms with Gasteiger partial charge < -0.3 is 19.1 Å². The van der Waals surface area contributed by atoms with E-state index in [1.807, 2.05) is 4.90 Å².